The second kappa shape index (κ2) is 23.6. The number of carboxylic acid groups (broad SMARTS) is 1. The first kappa shape index (κ1) is 37.4. The van der Waals surface area contributed by atoms with Crippen molar-refractivity contribution in [1.82, 2.24) is 0 Å². The van der Waals surface area contributed by atoms with Crippen molar-refractivity contribution in [3.8, 4) is 0 Å². The van der Waals surface area contributed by atoms with Crippen molar-refractivity contribution in [2.24, 2.45) is 5.92 Å². The van der Waals surface area contributed by atoms with E-state index in [1.165, 1.54) is 64.2 Å². The molecule has 10 heteroatoms. The summed E-state index contributed by atoms with van der Waals surface area (Å²) in [5.41, 5.74) is 0. The third kappa shape index (κ3) is 24.0. The van der Waals surface area contributed by atoms with Crippen LogP contribution in [0.25, 0.3) is 0 Å². The van der Waals surface area contributed by atoms with Crippen molar-refractivity contribution in [1.29, 1.82) is 0 Å². The van der Waals surface area contributed by atoms with Crippen LogP contribution in [0.1, 0.15) is 110 Å². The quantitative estimate of drug-likeness (QED) is 0.112. The van der Waals surface area contributed by atoms with E-state index >= 15 is 0 Å². The van der Waals surface area contributed by atoms with Gasteiger partial charge >= 0.3 is 71.1 Å². The second-order valence-electron chi connectivity index (χ2n) is 8.55. The number of carboxylic acids is 1. The Morgan fingerprint density at radius 1 is 0.750 bits per heavy atom. The molecule has 0 saturated heterocycles. The fraction of sp³-hybridized carbons (Fsp3) is 0.909. The van der Waals surface area contributed by atoms with Gasteiger partial charge in [0, 0.05) is 0 Å². The van der Waals surface area contributed by atoms with Gasteiger partial charge in [-0.25, -0.2) is 0 Å². The van der Waals surface area contributed by atoms with Gasteiger partial charge in [-0.1, -0.05) is 97.3 Å². The van der Waals surface area contributed by atoms with E-state index < -0.39 is 33.7 Å². The molecule has 0 aliphatic rings. The number of aliphatic carboxylic acids is 1. The van der Waals surface area contributed by atoms with Gasteiger partial charge in [-0.2, -0.15) is 8.42 Å². The molecule has 1 unspecified atom stereocenters. The molecule has 0 radical (unpaired) electrons. The van der Waals surface area contributed by atoms with Crippen LogP contribution in [0.3, 0.4) is 0 Å². The van der Waals surface area contributed by atoms with E-state index in [1.807, 2.05) is 0 Å². The molecule has 32 heavy (non-hydrogen) atoms. The number of carbonyl (C=O) groups excluding carboxylic acids is 1. The van der Waals surface area contributed by atoms with Crippen molar-refractivity contribution in [2.45, 2.75) is 115 Å². The van der Waals surface area contributed by atoms with Crippen LogP contribution in [-0.2, 0) is 24.4 Å². The minimum absolute atomic E-state index is 0. The average molecular weight is 499 g/mol. The third-order valence-corrected chi connectivity index (χ3v) is 6.23. The number of hydrogen-bond acceptors (Lipinski definition) is 5. The van der Waals surface area contributed by atoms with Crippen LogP contribution in [0, 0.1) is 5.92 Å². The molecule has 0 aliphatic heterocycles. The molecule has 0 rings (SSSR count). The first-order valence-electron chi connectivity index (χ1n) is 11.5. The molecule has 0 aromatic rings. The first-order chi connectivity index (χ1) is 14.1. The molecule has 0 saturated carbocycles. The van der Waals surface area contributed by atoms with Gasteiger partial charge in [0.1, 0.15) is 0 Å². The van der Waals surface area contributed by atoms with E-state index in [1.54, 1.807) is 0 Å². The number of hydrogen-bond donors (Lipinski definition) is 2. The molecule has 0 fully saturated rings. The second-order valence-corrected chi connectivity index (χ2v) is 10.1. The van der Waals surface area contributed by atoms with Gasteiger partial charge in [0.05, 0.1) is 13.0 Å². The summed E-state index contributed by atoms with van der Waals surface area (Å²) in [4.78, 5) is 22.3. The van der Waals surface area contributed by atoms with Crippen LogP contribution in [0.4, 0.5) is 0 Å². The molecule has 1 atom stereocenters. The van der Waals surface area contributed by atoms with Gasteiger partial charge < -0.3 is 9.84 Å². The number of rotatable bonds is 20. The molecule has 0 aromatic heterocycles. The van der Waals surface area contributed by atoms with Crippen molar-refractivity contribution >= 4 is 81.2 Å². The van der Waals surface area contributed by atoms with Crippen molar-refractivity contribution in [3.05, 3.63) is 0 Å². The summed E-state index contributed by atoms with van der Waals surface area (Å²) < 4.78 is 35.9. The Kier molecular flexibility index (Phi) is 27.6. The Hall–Kier alpha value is 0.850. The molecule has 182 valence electrons. The molecular formula is C22H44Na2O7S. The Bertz CT molecular complexity index is 569. The van der Waals surface area contributed by atoms with Crippen LogP contribution >= 0.6 is 0 Å². The Morgan fingerprint density at radius 3 is 1.47 bits per heavy atom. The molecule has 0 amide bonds. The topological polar surface area (TPSA) is 118 Å². The molecule has 0 aromatic carbocycles. The summed E-state index contributed by atoms with van der Waals surface area (Å²) >= 11 is 0. The summed E-state index contributed by atoms with van der Waals surface area (Å²) in [6.07, 6.45) is 15.7. The fourth-order valence-corrected chi connectivity index (χ4v) is 4.00. The molecule has 0 bridgehead atoms. The third-order valence-electron chi connectivity index (χ3n) is 5.15. The molecule has 0 spiro atoms. The van der Waals surface area contributed by atoms with Crippen LogP contribution < -0.4 is 0 Å². The zero-order valence-electron chi connectivity index (χ0n) is 18.8. The van der Waals surface area contributed by atoms with Gasteiger partial charge in [0.2, 0.25) is 0 Å². The molecule has 0 heterocycles. The molecule has 2 N–H and O–H groups in total. The van der Waals surface area contributed by atoms with Crippen molar-refractivity contribution < 1.29 is 32.4 Å². The summed E-state index contributed by atoms with van der Waals surface area (Å²) in [5, 5.41) is 6.57. The first-order valence-corrected chi connectivity index (χ1v) is 13.0. The maximum absolute atomic E-state index is 11.7. The molecular weight excluding hydrogens is 454 g/mol. The van der Waals surface area contributed by atoms with Crippen LogP contribution in [-0.4, -0.2) is 101 Å². The Labute approximate surface area is 239 Å². The van der Waals surface area contributed by atoms with Crippen molar-refractivity contribution in [3.63, 3.8) is 0 Å². The van der Waals surface area contributed by atoms with Crippen LogP contribution in [0.2, 0.25) is 0 Å². The summed E-state index contributed by atoms with van der Waals surface area (Å²) in [6, 6.07) is 0. The van der Waals surface area contributed by atoms with Gasteiger partial charge in [-0.05, 0) is 12.3 Å². The summed E-state index contributed by atoms with van der Waals surface area (Å²) in [7, 11) is -4.79. The van der Waals surface area contributed by atoms with E-state index in [0.717, 1.165) is 25.2 Å². The van der Waals surface area contributed by atoms with E-state index in [0.29, 0.717) is 6.42 Å². The number of unbranched alkanes of at least 4 members (excludes halogenated alkanes) is 12. The zero-order chi connectivity index (χ0) is 22.8. The SMILES string of the molecule is CC(C)CCCCCCCCCCCCCCCOC(=O)C(CC(=O)O)S(=O)(=O)O.[NaH].[NaH]. The predicted octanol–water partition coefficient (Wildman–Crippen LogP) is 4.08. The number of carbonyl (C=O) groups is 2. The van der Waals surface area contributed by atoms with Crippen molar-refractivity contribution in [2.75, 3.05) is 6.61 Å². The number of ether oxygens (including phenoxy) is 1. The van der Waals surface area contributed by atoms with Crippen LogP contribution in [0.15, 0.2) is 0 Å². The Balaban J connectivity index is -0.00000420. The normalized spacial score (nSPS) is 12.0. The zero-order valence-corrected chi connectivity index (χ0v) is 19.6. The summed E-state index contributed by atoms with van der Waals surface area (Å²) in [5.74, 6) is -1.88. The van der Waals surface area contributed by atoms with E-state index in [9.17, 15) is 18.0 Å². The summed E-state index contributed by atoms with van der Waals surface area (Å²) in [6.45, 7) is 4.59. The molecule has 0 aliphatic carbocycles. The standard InChI is InChI=1S/C22H42O7S.2Na.2H/c1-19(2)16-14-12-10-8-6-4-3-5-7-9-11-13-15-17-29-22(25)20(18-21(23)24)30(26,27)28;;;;/h19-20H,3-18H2,1-2H3,(H,23,24)(H,26,27,28);;;;. The van der Waals surface area contributed by atoms with E-state index in [-0.39, 0.29) is 65.7 Å². The fourth-order valence-electron chi connectivity index (χ4n) is 3.33. The predicted molar refractivity (Wildman–Crippen MR) is 132 cm³/mol. The maximum atomic E-state index is 11.7. The van der Waals surface area contributed by atoms with Gasteiger partial charge in [-0.3, -0.25) is 14.1 Å². The van der Waals surface area contributed by atoms with Crippen LogP contribution in [0.5, 0.6) is 0 Å². The minimum atomic E-state index is -4.79. The number of esters is 1. The molecule has 7 nitrogen and oxygen atoms in total. The van der Waals surface area contributed by atoms with E-state index in [2.05, 4.69) is 13.8 Å². The van der Waals surface area contributed by atoms with E-state index in [4.69, 9.17) is 14.4 Å². The average Bonchev–Trinajstić information content (AvgIpc) is 2.64. The monoisotopic (exact) mass is 498 g/mol. The van der Waals surface area contributed by atoms with Gasteiger partial charge in [0.25, 0.3) is 10.1 Å². The Morgan fingerprint density at radius 2 is 1.12 bits per heavy atom. The van der Waals surface area contributed by atoms with Gasteiger partial charge in [-0.15, -0.1) is 0 Å². The van der Waals surface area contributed by atoms with Gasteiger partial charge in [0.15, 0.2) is 5.25 Å².